The molecular formula is C25H26FN7O5. The normalized spacial score (nSPS) is 18.8. The molecule has 1 aromatic carbocycles. The van der Waals surface area contributed by atoms with Crippen LogP contribution in [0.15, 0.2) is 55.0 Å². The van der Waals surface area contributed by atoms with E-state index in [4.69, 9.17) is 14.3 Å². The van der Waals surface area contributed by atoms with Gasteiger partial charge in [-0.25, -0.2) is 13.9 Å². The quantitative estimate of drug-likeness (QED) is 0.448. The van der Waals surface area contributed by atoms with Gasteiger partial charge in [0.05, 0.1) is 43.0 Å². The lowest BCUT2D eigenvalue weighted by Crippen LogP contribution is -2.28. The van der Waals surface area contributed by atoms with E-state index in [2.05, 4.69) is 20.8 Å². The van der Waals surface area contributed by atoms with Crippen LogP contribution in [0, 0.1) is 5.82 Å². The number of carbonyl (C=O) groups is 2. The topological polar surface area (TPSA) is 124 Å². The highest BCUT2D eigenvalue weighted by Crippen LogP contribution is 2.30. The second-order valence-electron chi connectivity index (χ2n) is 8.98. The number of ether oxygens (including phenoxy) is 2. The van der Waals surface area contributed by atoms with Crippen molar-refractivity contribution in [1.29, 1.82) is 0 Å². The van der Waals surface area contributed by atoms with Crippen LogP contribution < -0.4 is 10.4 Å². The molecule has 1 N–H and O–H groups in total. The Morgan fingerprint density at radius 2 is 2.16 bits per heavy atom. The van der Waals surface area contributed by atoms with Crippen LogP contribution in [0.2, 0.25) is 0 Å². The number of carbonyl (C=O) groups excluding carboxylic acids is 2. The van der Waals surface area contributed by atoms with Crippen LogP contribution in [0.25, 0.3) is 16.8 Å². The number of likely N-dealkylation sites (N-methyl/N-ethyl adjacent to an activating group) is 1. The second kappa shape index (κ2) is 10.9. The maximum Gasteiger partial charge on any atom is 0.414 e. The second-order valence-corrected chi connectivity index (χ2v) is 8.98. The van der Waals surface area contributed by atoms with Gasteiger partial charge in [-0.1, -0.05) is 11.3 Å². The van der Waals surface area contributed by atoms with Gasteiger partial charge in [0, 0.05) is 37.6 Å². The predicted molar refractivity (Wildman–Crippen MR) is 133 cm³/mol. The standard InChI is InChI=1S/C25H26FN7O5/c1-31(2)24(34)15-36-14-18-10-23(29-38-18)22-6-3-16(11-27-22)20-5-4-17(9-21(20)26)33-13-19(37-25(33)35)12-32-8-7-28-30-32/h3-11,18-19,29H,12-15H2,1-2H3/t18-,19-/m0/s1. The Labute approximate surface area is 217 Å². The number of nitrogens with zero attached hydrogens (tertiary/aromatic N) is 6. The Kier molecular flexibility index (Phi) is 7.29. The first-order valence-electron chi connectivity index (χ1n) is 11.9. The van der Waals surface area contributed by atoms with Gasteiger partial charge in [-0.05, 0) is 30.3 Å². The Morgan fingerprint density at radius 3 is 2.87 bits per heavy atom. The van der Waals surface area contributed by atoms with E-state index >= 15 is 4.39 Å². The number of hydrogen-bond donors (Lipinski definition) is 1. The van der Waals surface area contributed by atoms with Crippen LogP contribution in [-0.2, 0) is 25.7 Å². The largest absolute Gasteiger partial charge is 0.442 e. The monoisotopic (exact) mass is 523 g/mol. The van der Waals surface area contributed by atoms with Crippen LogP contribution in [0.4, 0.5) is 14.9 Å². The van der Waals surface area contributed by atoms with Crippen molar-refractivity contribution in [3.05, 3.63) is 66.5 Å². The van der Waals surface area contributed by atoms with Crippen LogP contribution in [0.1, 0.15) is 5.69 Å². The maximum absolute atomic E-state index is 15.1. The zero-order valence-corrected chi connectivity index (χ0v) is 20.8. The predicted octanol–water partition coefficient (Wildman–Crippen LogP) is 1.85. The third kappa shape index (κ3) is 5.63. The van der Waals surface area contributed by atoms with Crippen LogP contribution >= 0.6 is 0 Å². The van der Waals surface area contributed by atoms with Gasteiger partial charge in [0.15, 0.2) is 0 Å². The number of halogens is 1. The highest BCUT2D eigenvalue weighted by molar-refractivity contribution is 5.90. The molecule has 1 saturated heterocycles. The fraction of sp³-hybridized carbons (Fsp3) is 0.320. The molecule has 198 valence electrons. The van der Waals surface area contributed by atoms with Crippen LogP contribution in [0.5, 0.6) is 0 Å². The van der Waals surface area contributed by atoms with Crippen LogP contribution in [0.3, 0.4) is 0 Å². The SMILES string of the molecule is CN(C)C(=O)COC[C@@H]1C=C(c2ccc(-c3ccc(N4C[C@H](Cn5ccnn5)OC4=O)cc3F)cn2)NO1. The van der Waals surface area contributed by atoms with E-state index in [-0.39, 0.29) is 31.8 Å². The van der Waals surface area contributed by atoms with Gasteiger partial charge in [-0.2, -0.15) is 0 Å². The van der Waals surface area contributed by atoms with E-state index in [0.29, 0.717) is 34.8 Å². The molecule has 3 aromatic rings. The van der Waals surface area contributed by atoms with Gasteiger partial charge in [-0.3, -0.25) is 25.0 Å². The number of pyridine rings is 1. The molecule has 38 heavy (non-hydrogen) atoms. The molecule has 2 aliphatic heterocycles. The van der Waals surface area contributed by atoms with Gasteiger partial charge in [0.25, 0.3) is 0 Å². The zero-order chi connectivity index (χ0) is 26.6. The molecule has 13 heteroatoms. The van der Waals surface area contributed by atoms with Crippen molar-refractivity contribution in [3.8, 4) is 11.1 Å². The number of amides is 2. The summed E-state index contributed by atoms with van der Waals surface area (Å²) in [6.45, 7) is 0.810. The van der Waals surface area contributed by atoms with E-state index in [0.717, 1.165) is 0 Å². The average Bonchev–Trinajstić information content (AvgIpc) is 3.66. The lowest BCUT2D eigenvalue weighted by molar-refractivity contribution is -0.134. The average molecular weight is 524 g/mol. The molecule has 2 atom stereocenters. The van der Waals surface area contributed by atoms with Gasteiger partial charge >= 0.3 is 6.09 Å². The van der Waals surface area contributed by atoms with Crippen molar-refractivity contribution >= 4 is 23.4 Å². The van der Waals surface area contributed by atoms with E-state index < -0.39 is 18.0 Å². The minimum Gasteiger partial charge on any atom is -0.442 e. The number of rotatable bonds is 9. The highest BCUT2D eigenvalue weighted by atomic mass is 19.1. The van der Waals surface area contributed by atoms with E-state index in [1.807, 2.05) is 6.08 Å². The number of aromatic nitrogens is 4. The first-order chi connectivity index (χ1) is 18.4. The number of anilines is 1. The lowest BCUT2D eigenvalue weighted by Gasteiger charge is -2.14. The lowest BCUT2D eigenvalue weighted by atomic mass is 10.1. The Balaban J connectivity index is 1.21. The summed E-state index contributed by atoms with van der Waals surface area (Å²) in [5.74, 6) is -0.624. The first-order valence-corrected chi connectivity index (χ1v) is 11.9. The smallest absolute Gasteiger partial charge is 0.414 e. The molecule has 2 amide bonds. The van der Waals surface area contributed by atoms with Crippen molar-refractivity contribution in [1.82, 2.24) is 30.4 Å². The molecule has 2 aromatic heterocycles. The number of benzene rings is 1. The third-order valence-corrected chi connectivity index (χ3v) is 6.03. The molecule has 1 fully saturated rings. The Hall–Kier alpha value is -4.36. The third-order valence-electron chi connectivity index (χ3n) is 6.03. The first kappa shape index (κ1) is 25.3. The summed E-state index contributed by atoms with van der Waals surface area (Å²) < 4.78 is 27.4. The summed E-state index contributed by atoms with van der Waals surface area (Å²) in [5, 5.41) is 7.61. The molecule has 0 radical (unpaired) electrons. The van der Waals surface area contributed by atoms with Crippen molar-refractivity contribution in [3.63, 3.8) is 0 Å². The number of hydroxylamine groups is 1. The molecule has 0 aliphatic carbocycles. The summed E-state index contributed by atoms with van der Waals surface area (Å²) in [6.07, 6.45) is 5.26. The molecule has 5 rings (SSSR count). The van der Waals surface area contributed by atoms with E-state index in [9.17, 15) is 9.59 Å². The number of hydrogen-bond acceptors (Lipinski definition) is 9. The fourth-order valence-corrected chi connectivity index (χ4v) is 3.99. The summed E-state index contributed by atoms with van der Waals surface area (Å²) in [7, 11) is 3.32. The highest BCUT2D eigenvalue weighted by Gasteiger charge is 2.33. The van der Waals surface area contributed by atoms with Gasteiger partial charge in [-0.15, -0.1) is 5.10 Å². The zero-order valence-electron chi connectivity index (χ0n) is 20.8. The number of cyclic esters (lactones) is 1. The molecule has 0 bridgehead atoms. The Morgan fingerprint density at radius 1 is 1.29 bits per heavy atom. The van der Waals surface area contributed by atoms with Gasteiger partial charge in [0.1, 0.15) is 24.6 Å². The molecule has 4 heterocycles. The summed E-state index contributed by atoms with van der Waals surface area (Å²) in [4.78, 5) is 36.7. The maximum atomic E-state index is 15.1. The van der Waals surface area contributed by atoms with Crippen molar-refractivity contribution in [2.75, 3.05) is 38.8 Å². The van der Waals surface area contributed by atoms with Crippen molar-refractivity contribution in [2.24, 2.45) is 0 Å². The fourth-order valence-electron chi connectivity index (χ4n) is 3.99. The minimum atomic E-state index is -0.541. The molecule has 0 spiro atoms. The van der Waals surface area contributed by atoms with E-state index in [1.165, 1.54) is 15.9 Å². The van der Waals surface area contributed by atoms with Gasteiger partial charge in [0.2, 0.25) is 5.91 Å². The molecule has 0 unspecified atom stereocenters. The molecule has 2 aliphatic rings. The van der Waals surface area contributed by atoms with Crippen molar-refractivity contribution < 1.29 is 28.3 Å². The molecular weight excluding hydrogens is 497 g/mol. The molecule has 12 nitrogen and oxygen atoms in total. The summed E-state index contributed by atoms with van der Waals surface area (Å²) in [5.41, 5.74) is 5.39. The minimum absolute atomic E-state index is 0.0319. The van der Waals surface area contributed by atoms with Crippen molar-refractivity contribution in [2.45, 2.75) is 18.8 Å². The summed E-state index contributed by atoms with van der Waals surface area (Å²) >= 11 is 0. The number of nitrogens with one attached hydrogen (secondary N) is 1. The van der Waals surface area contributed by atoms with Gasteiger partial charge < -0.3 is 14.4 Å². The Bertz CT molecular complexity index is 1330. The van der Waals surface area contributed by atoms with E-state index in [1.54, 1.807) is 61.6 Å². The summed E-state index contributed by atoms with van der Waals surface area (Å²) in [6, 6.07) is 8.09. The molecule has 0 saturated carbocycles. The van der Waals surface area contributed by atoms with Crippen LogP contribution in [-0.4, -0.2) is 82.9 Å².